The van der Waals surface area contributed by atoms with Gasteiger partial charge in [-0.15, -0.1) is 0 Å². The molecule has 0 saturated carbocycles. The van der Waals surface area contributed by atoms with Gasteiger partial charge in [0.2, 0.25) is 0 Å². The fraction of sp³-hybridized carbons (Fsp3) is 0.571. The highest BCUT2D eigenvalue weighted by atomic mass is 16.6. The van der Waals surface area contributed by atoms with Gasteiger partial charge in [0, 0.05) is 31.7 Å². The van der Waals surface area contributed by atoms with E-state index in [1.54, 1.807) is 12.1 Å². The maximum absolute atomic E-state index is 11.0. The van der Waals surface area contributed by atoms with Crippen molar-refractivity contribution >= 4 is 5.69 Å². The van der Waals surface area contributed by atoms with Crippen molar-refractivity contribution in [2.24, 2.45) is 5.73 Å². The second kappa shape index (κ2) is 6.84. The number of methoxy groups -OCH3 is 1. The number of nitrogens with zero attached hydrogens (tertiary/aromatic N) is 2. The van der Waals surface area contributed by atoms with E-state index in [0.29, 0.717) is 13.2 Å². The number of hydrogen-bond acceptors (Lipinski definition) is 6. The van der Waals surface area contributed by atoms with Gasteiger partial charge in [0.1, 0.15) is 0 Å². The molecule has 0 aliphatic carbocycles. The minimum atomic E-state index is -0.424. The largest absolute Gasteiger partial charge is 0.490 e. The van der Waals surface area contributed by atoms with Crippen LogP contribution in [-0.2, 0) is 11.3 Å². The van der Waals surface area contributed by atoms with Crippen molar-refractivity contribution in [1.29, 1.82) is 0 Å². The summed E-state index contributed by atoms with van der Waals surface area (Å²) in [6.07, 6.45) is 0.00647. The molecule has 1 fully saturated rings. The van der Waals surface area contributed by atoms with E-state index in [-0.39, 0.29) is 23.6 Å². The SMILES string of the molecule is COc1ccc(CN2CCOC(C(C)N)C2)cc1[N+](=O)[O-]. The first-order chi connectivity index (χ1) is 10.0. The number of rotatable bonds is 5. The smallest absolute Gasteiger partial charge is 0.311 e. The Balaban J connectivity index is 2.09. The Kier molecular flexibility index (Phi) is 5.11. The van der Waals surface area contributed by atoms with Crippen LogP contribution < -0.4 is 10.5 Å². The van der Waals surface area contributed by atoms with E-state index in [2.05, 4.69) is 4.90 Å². The monoisotopic (exact) mass is 295 g/mol. The van der Waals surface area contributed by atoms with Gasteiger partial charge >= 0.3 is 5.69 Å². The zero-order valence-electron chi connectivity index (χ0n) is 12.3. The molecule has 2 rings (SSSR count). The summed E-state index contributed by atoms with van der Waals surface area (Å²) < 4.78 is 10.6. The number of morpholine rings is 1. The molecule has 1 aromatic carbocycles. The molecule has 2 N–H and O–H groups in total. The molecule has 1 heterocycles. The molecule has 1 aromatic rings. The molecule has 7 nitrogen and oxygen atoms in total. The van der Waals surface area contributed by atoms with Gasteiger partial charge in [-0.3, -0.25) is 15.0 Å². The van der Waals surface area contributed by atoms with E-state index in [1.807, 2.05) is 13.0 Å². The Morgan fingerprint density at radius 2 is 2.38 bits per heavy atom. The Bertz CT molecular complexity index is 507. The van der Waals surface area contributed by atoms with Crippen LogP contribution in [0.4, 0.5) is 5.69 Å². The van der Waals surface area contributed by atoms with Crippen molar-refractivity contribution in [2.45, 2.75) is 25.6 Å². The minimum Gasteiger partial charge on any atom is -0.490 e. The van der Waals surface area contributed by atoms with Crippen molar-refractivity contribution in [3.8, 4) is 5.75 Å². The zero-order valence-corrected chi connectivity index (χ0v) is 12.3. The van der Waals surface area contributed by atoms with Gasteiger partial charge in [0.15, 0.2) is 5.75 Å². The summed E-state index contributed by atoms with van der Waals surface area (Å²) in [6, 6.07) is 5.02. The third kappa shape index (κ3) is 3.90. The van der Waals surface area contributed by atoms with E-state index in [1.165, 1.54) is 7.11 Å². The molecule has 116 valence electrons. The van der Waals surface area contributed by atoms with Gasteiger partial charge in [-0.1, -0.05) is 6.07 Å². The highest BCUT2D eigenvalue weighted by molar-refractivity contribution is 5.48. The van der Waals surface area contributed by atoms with Crippen LogP contribution >= 0.6 is 0 Å². The van der Waals surface area contributed by atoms with Gasteiger partial charge in [-0.2, -0.15) is 0 Å². The van der Waals surface area contributed by atoms with Gasteiger partial charge < -0.3 is 15.2 Å². The van der Waals surface area contributed by atoms with E-state index in [0.717, 1.165) is 18.7 Å². The second-order valence-electron chi connectivity index (χ2n) is 5.27. The van der Waals surface area contributed by atoms with Crippen molar-refractivity contribution in [3.63, 3.8) is 0 Å². The molecular weight excluding hydrogens is 274 g/mol. The molecule has 1 aliphatic rings. The molecule has 2 atom stereocenters. The summed E-state index contributed by atoms with van der Waals surface area (Å²) in [5.41, 5.74) is 6.74. The maximum Gasteiger partial charge on any atom is 0.311 e. The van der Waals surface area contributed by atoms with Crippen molar-refractivity contribution in [1.82, 2.24) is 4.90 Å². The molecule has 21 heavy (non-hydrogen) atoms. The maximum atomic E-state index is 11.0. The normalized spacial score (nSPS) is 21.0. The molecule has 0 aromatic heterocycles. The average Bonchev–Trinajstić information content (AvgIpc) is 2.47. The van der Waals surface area contributed by atoms with Crippen LogP contribution in [0.25, 0.3) is 0 Å². The van der Waals surface area contributed by atoms with Crippen LogP contribution in [-0.4, -0.2) is 48.8 Å². The number of hydrogen-bond donors (Lipinski definition) is 1. The van der Waals surface area contributed by atoms with Crippen molar-refractivity contribution < 1.29 is 14.4 Å². The molecule has 1 saturated heterocycles. The summed E-state index contributed by atoms with van der Waals surface area (Å²) >= 11 is 0. The fourth-order valence-corrected chi connectivity index (χ4v) is 2.43. The Labute approximate surface area is 123 Å². The lowest BCUT2D eigenvalue weighted by molar-refractivity contribution is -0.385. The predicted octanol–water partition coefficient (Wildman–Crippen LogP) is 1.15. The predicted molar refractivity (Wildman–Crippen MR) is 78.3 cm³/mol. The third-order valence-electron chi connectivity index (χ3n) is 3.61. The van der Waals surface area contributed by atoms with Crippen LogP contribution in [0.2, 0.25) is 0 Å². The first-order valence-corrected chi connectivity index (χ1v) is 6.92. The van der Waals surface area contributed by atoms with Crippen LogP contribution in [0.15, 0.2) is 18.2 Å². The van der Waals surface area contributed by atoms with Gasteiger partial charge in [0.25, 0.3) is 0 Å². The molecule has 0 spiro atoms. The van der Waals surface area contributed by atoms with Crippen LogP contribution in [0.3, 0.4) is 0 Å². The van der Waals surface area contributed by atoms with Crippen LogP contribution in [0, 0.1) is 10.1 Å². The molecule has 2 unspecified atom stereocenters. The van der Waals surface area contributed by atoms with E-state index in [4.69, 9.17) is 15.2 Å². The summed E-state index contributed by atoms with van der Waals surface area (Å²) in [4.78, 5) is 12.8. The van der Waals surface area contributed by atoms with Gasteiger partial charge in [-0.05, 0) is 18.6 Å². The second-order valence-corrected chi connectivity index (χ2v) is 5.27. The molecule has 0 radical (unpaired) electrons. The number of nitro benzene ring substituents is 1. The highest BCUT2D eigenvalue weighted by Gasteiger charge is 2.24. The number of ether oxygens (including phenoxy) is 2. The number of nitrogens with two attached hydrogens (primary N) is 1. The Morgan fingerprint density at radius 1 is 1.62 bits per heavy atom. The standard InChI is InChI=1S/C14H21N3O4/c1-10(15)14-9-16(5-6-21-14)8-11-3-4-13(20-2)12(7-11)17(18)19/h3-4,7,10,14H,5-6,8-9,15H2,1-2H3. The van der Waals surface area contributed by atoms with Gasteiger partial charge in [0.05, 0.1) is 24.7 Å². The minimum absolute atomic E-state index is 0.00647. The summed E-state index contributed by atoms with van der Waals surface area (Å²) in [5, 5.41) is 11.0. The molecule has 0 bridgehead atoms. The Hall–Kier alpha value is -1.70. The molecule has 0 amide bonds. The highest BCUT2D eigenvalue weighted by Crippen LogP contribution is 2.28. The molecule has 1 aliphatic heterocycles. The van der Waals surface area contributed by atoms with Crippen LogP contribution in [0.1, 0.15) is 12.5 Å². The topological polar surface area (TPSA) is 90.9 Å². The number of nitro groups is 1. The Morgan fingerprint density at radius 3 is 3.00 bits per heavy atom. The lowest BCUT2D eigenvalue weighted by Gasteiger charge is -2.34. The molecular formula is C14H21N3O4. The summed E-state index contributed by atoms with van der Waals surface area (Å²) in [6.45, 7) is 4.72. The van der Waals surface area contributed by atoms with Crippen molar-refractivity contribution in [3.05, 3.63) is 33.9 Å². The summed E-state index contributed by atoms with van der Waals surface area (Å²) in [5.74, 6) is 0.277. The van der Waals surface area contributed by atoms with E-state index >= 15 is 0 Å². The van der Waals surface area contributed by atoms with E-state index in [9.17, 15) is 10.1 Å². The molecule has 7 heteroatoms. The first kappa shape index (κ1) is 15.7. The van der Waals surface area contributed by atoms with E-state index < -0.39 is 4.92 Å². The lowest BCUT2D eigenvalue weighted by Crippen LogP contribution is -2.49. The summed E-state index contributed by atoms with van der Waals surface area (Å²) in [7, 11) is 1.43. The fourth-order valence-electron chi connectivity index (χ4n) is 2.43. The lowest BCUT2D eigenvalue weighted by atomic mass is 10.1. The quantitative estimate of drug-likeness (QED) is 0.647. The average molecular weight is 295 g/mol. The third-order valence-corrected chi connectivity index (χ3v) is 3.61. The van der Waals surface area contributed by atoms with Gasteiger partial charge in [-0.25, -0.2) is 0 Å². The number of benzene rings is 1. The van der Waals surface area contributed by atoms with Crippen LogP contribution in [0.5, 0.6) is 5.75 Å². The zero-order chi connectivity index (χ0) is 15.4. The van der Waals surface area contributed by atoms with Crippen molar-refractivity contribution in [2.75, 3.05) is 26.8 Å². The first-order valence-electron chi connectivity index (χ1n) is 6.92.